The molecule has 2 saturated carbocycles. The number of likely N-dealkylation sites (tertiary alicyclic amines) is 1. The van der Waals surface area contributed by atoms with E-state index in [4.69, 9.17) is 5.73 Å². The van der Waals surface area contributed by atoms with E-state index in [1.165, 1.54) is 24.8 Å². The summed E-state index contributed by atoms with van der Waals surface area (Å²) in [7, 11) is 1.94. The molecule has 1 aromatic rings. The second kappa shape index (κ2) is 5.93. The van der Waals surface area contributed by atoms with Crippen LogP contribution >= 0.6 is 0 Å². The maximum Gasteiger partial charge on any atom is 0.226 e. The Morgan fingerprint density at radius 2 is 1.96 bits per heavy atom. The predicted molar refractivity (Wildman–Crippen MR) is 88.4 cm³/mol. The van der Waals surface area contributed by atoms with E-state index in [9.17, 15) is 4.79 Å². The molecular weight excluding hydrogens is 288 g/mol. The molecule has 1 amide bonds. The molecule has 0 spiro atoms. The number of amides is 1. The van der Waals surface area contributed by atoms with Gasteiger partial charge >= 0.3 is 0 Å². The van der Waals surface area contributed by atoms with Gasteiger partial charge in [0.15, 0.2) is 0 Å². The molecule has 5 nitrogen and oxygen atoms in total. The third-order valence-corrected chi connectivity index (χ3v) is 6.41. The number of fused-ring (bicyclic) bond motifs is 2. The molecule has 0 aromatic carbocycles. The van der Waals surface area contributed by atoms with E-state index < -0.39 is 0 Å². The first-order chi connectivity index (χ1) is 11.1. The van der Waals surface area contributed by atoms with Crippen LogP contribution in [0.25, 0.3) is 0 Å². The van der Waals surface area contributed by atoms with Crippen LogP contribution in [0.5, 0.6) is 0 Å². The van der Waals surface area contributed by atoms with E-state index in [2.05, 4.69) is 16.2 Å². The molecule has 2 bridgehead atoms. The minimum Gasteiger partial charge on any atom is -0.335 e. The SMILES string of the molecule is Cn1cc(C2CCCN2C(=O)C2CC3CCCC(C2)C3N)cn1. The van der Waals surface area contributed by atoms with Gasteiger partial charge in [0.2, 0.25) is 5.91 Å². The molecule has 4 rings (SSSR count). The average Bonchev–Trinajstić information content (AvgIpc) is 3.14. The van der Waals surface area contributed by atoms with Crippen LogP contribution in [0.2, 0.25) is 0 Å². The number of aromatic nitrogens is 2. The van der Waals surface area contributed by atoms with Gasteiger partial charge in [-0.15, -0.1) is 0 Å². The predicted octanol–water partition coefficient (Wildman–Crippen LogP) is 2.24. The summed E-state index contributed by atoms with van der Waals surface area (Å²) >= 11 is 0. The minimum absolute atomic E-state index is 0.197. The smallest absolute Gasteiger partial charge is 0.226 e. The van der Waals surface area contributed by atoms with Crippen molar-refractivity contribution in [3.8, 4) is 0 Å². The number of hydrogen-bond acceptors (Lipinski definition) is 3. The fourth-order valence-corrected chi connectivity index (χ4v) is 5.21. The summed E-state index contributed by atoms with van der Waals surface area (Å²) in [5.41, 5.74) is 7.57. The van der Waals surface area contributed by atoms with Crippen LogP contribution in [0.15, 0.2) is 12.4 Å². The maximum absolute atomic E-state index is 13.2. The summed E-state index contributed by atoms with van der Waals surface area (Å²) in [6, 6.07) is 0.562. The van der Waals surface area contributed by atoms with Gasteiger partial charge < -0.3 is 10.6 Å². The Labute approximate surface area is 138 Å². The number of rotatable bonds is 2. The molecule has 1 aromatic heterocycles. The molecule has 1 aliphatic heterocycles. The second-order valence-corrected chi connectivity index (χ2v) is 7.83. The van der Waals surface area contributed by atoms with Gasteiger partial charge in [-0.25, -0.2) is 0 Å². The fraction of sp³-hybridized carbons (Fsp3) is 0.778. The lowest BCUT2D eigenvalue weighted by Gasteiger charge is -2.44. The van der Waals surface area contributed by atoms with Gasteiger partial charge in [-0.05, 0) is 50.4 Å². The number of hydrogen-bond donors (Lipinski definition) is 1. The molecule has 2 aliphatic carbocycles. The Hall–Kier alpha value is -1.36. The minimum atomic E-state index is 0.197. The second-order valence-electron chi connectivity index (χ2n) is 7.83. The summed E-state index contributed by atoms with van der Waals surface area (Å²) < 4.78 is 1.83. The molecule has 0 radical (unpaired) electrons. The quantitative estimate of drug-likeness (QED) is 0.910. The van der Waals surface area contributed by atoms with Crippen molar-refractivity contribution >= 4 is 5.91 Å². The van der Waals surface area contributed by atoms with Crippen molar-refractivity contribution in [2.24, 2.45) is 30.5 Å². The van der Waals surface area contributed by atoms with Crippen LogP contribution in [0.1, 0.15) is 56.6 Å². The van der Waals surface area contributed by atoms with Crippen molar-refractivity contribution < 1.29 is 4.79 Å². The summed E-state index contributed by atoms with van der Waals surface area (Å²) in [5, 5.41) is 4.29. The van der Waals surface area contributed by atoms with Crippen LogP contribution in [-0.4, -0.2) is 33.2 Å². The lowest BCUT2D eigenvalue weighted by molar-refractivity contribution is -0.139. The summed E-state index contributed by atoms with van der Waals surface area (Å²) in [5.74, 6) is 1.70. The van der Waals surface area contributed by atoms with Gasteiger partial charge in [0.25, 0.3) is 0 Å². The monoisotopic (exact) mass is 316 g/mol. The lowest BCUT2D eigenvalue weighted by Crippen LogP contribution is -2.49. The van der Waals surface area contributed by atoms with E-state index in [0.29, 0.717) is 23.8 Å². The van der Waals surface area contributed by atoms with E-state index >= 15 is 0 Å². The molecule has 2 heterocycles. The van der Waals surface area contributed by atoms with Gasteiger partial charge in [-0.3, -0.25) is 9.48 Å². The normalized spacial score (nSPS) is 37.1. The summed E-state index contributed by atoms with van der Waals surface area (Å²) in [6.45, 7) is 0.899. The highest BCUT2D eigenvalue weighted by Gasteiger charge is 2.43. The van der Waals surface area contributed by atoms with Crippen LogP contribution in [0.4, 0.5) is 0 Å². The maximum atomic E-state index is 13.2. The zero-order chi connectivity index (χ0) is 16.0. The molecule has 2 N–H and O–H groups in total. The zero-order valence-corrected chi connectivity index (χ0v) is 14.0. The first-order valence-corrected chi connectivity index (χ1v) is 9.18. The fourth-order valence-electron chi connectivity index (χ4n) is 5.21. The Morgan fingerprint density at radius 3 is 2.61 bits per heavy atom. The van der Waals surface area contributed by atoms with E-state index in [0.717, 1.165) is 32.2 Å². The molecule has 3 aliphatic rings. The van der Waals surface area contributed by atoms with Gasteiger partial charge in [0.1, 0.15) is 0 Å². The van der Waals surface area contributed by atoms with Crippen LogP contribution in [0.3, 0.4) is 0 Å². The Morgan fingerprint density at radius 1 is 1.22 bits per heavy atom. The van der Waals surface area contributed by atoms with Gasteiger partial charge in [0, 0.05) is 37.3 Å². The molecule has 5 heteroatoms. The van der Waals surface area contributed by atoms with Crippen molar-refractivity contribution in [1.29, 1.82) is 0 Å². The number of carbonyl (C=O) groups is 1. The molecule has 3 atom stereocenters. The van der Waals surface area contributed by atoms with Crippen LogP contribution in [-0.2, 0) is 11.8 Å². The third-order valence-electron chi connectivity index (χ3n) is 6.41. The third kappa shape index (κ3) is 2.69. The van der Waals surface area contributed by atoms with Crippen molar-refractivity contribution in [2.75, 3.05) is 6.54 Å². The van der Waals surface area contributed by atoms with E-state index in [1.54, 1.807) is 0 Å². The molecule has 3 fully saturated rings. The highest BCUT2D eigenvalue weighted by molar-refractivity contribution is 5.80. The van der Waals surface area contributed by atoms with Crippen molar-refractivity contribution in [3.05, 3.63) is 18.0 Å². The van der Waals surface area contributed by atoms with Crippen molar-refractivity contribution in [3.63, 3.8) is 0 Å². The largest absolute Gasteiger partial charge is 0.335 e. The van der Waals surface area contributed by atoms with Gasteiger partial charge in [0.05, 0.1) is 12.2 Å². The first kappa shape index (κ1) is 15.2. The van der Waals surface area contributed by atoms with E-state index in [-0.39, 0.29) is 12.0 Å². The molecule has 126 valence electrons. The molecule has 23 heavy (non-hydrogen) atoms. The number of aryl methyl sites for hydroxylation is 1. The van der Waals surface area contributed by atoms with E-state index in [1.807, 2.05) is 17.9 Å². The number of nitrogens with zero attached hydrogens (tertiary/aromatic N) is 3. The number of nitrogens with two attached hydrogens (primary N) is 1. The standard InChI is InChI=1S/C18H28N4O/c1-21-11-15(10-20-21)16-6-3-7-22(16)18(23)14-8-12-4-2-5-13(9-14)17(12)19/h10-14,16-17H,2-9,19H2,1H3. The highest BCUT2D eigenvalue weighted by Crippen LogP contribution is 2.44. The average molecular weight is 316 g/mol. The van der Waals surface area contributed by atoms with Gasteiger partial charge in [-0.2, -0.15) is 5.10 Å². The summed E-state index contributed by atoms with van der Waals surface area (Å²) in [6.07, 6.45) is 11.9. The molecule has 1 saturated heterocycles. The Kier molecular flexibility index (Phi) is 3.92. The highest BCUT2D eigenvalue weighted by atomic mass is 16.2. The topological polar surface area (TPSA) is 64.2 Å². The number of carbonyl (C=O) groups excluding carboxylic acids is 1. The van der Waals surface area contributed by atoms with Crippen LogP contribution in [0, 0.1) is 17.8 Å². The van der Waals surface area contributed by atoms with Gasteiger partial charge in [-0.1, -0.05) is 6.42 Å². The zero-order valence-electron chi connectivity index (χ0n) is 14.0. The first-order valence-electron chi connectivity index (χ1n) is 9.18. The van der Waals surface area contributed by atoms with Crippen molar-refractivity contribution in [1.82, 2.24) is 14.7 Å². The Balaban J connectivity index is 1.50. The Bertz CT molecular complexity index is 569. The van der Waals surface area contributed by atoms with Crippen molar-refractivity contribution in [2.45, 2.75) is 57.0 Å². The molecular formula is C18H28N4O. The lowest BCUT2D eigenvalue weighted by atomic mass is 9.65. The van der Waals surface area contributed by atoms with Crippen LogP contribution < -0.4 is 5.73 Å². The molecule has 3 unspecified atom stereocenters. The summed E-state index contributed by atoms with van der Waals surface area (Å²) in [4.78, 5) is 15.3.